The number of hydrogen-bond donors (Lipinski definition) is 0. The summed E-state index contributed by atoms with van der Waals surface area (Å²) in [7, 11) is 0. The van der Waals surface area contributed by atoms with Gasteiger partial charge in [-0.2, -0.15) is 0 Å². The molecule has 2 nitrogen and oxygen atoms in total. The zero-order valence-corrected chi connectivity index (χ0v) is 13.3. The lowest BCUT2D eigenvalue weighted by atomic mass is 9.97. The van der Waals surface area contributed by atoms with E-state index in [2.05, 4.69) is 56.9 Å². The first-order chi connectivity index (χ1) is 9.24. The van der Waals surface area contributed by atoms with Crippen LogP contribution in [0.4, 0.5) is 0 Å². The summed E-state index contributed by atoms with van der Waals surface area (Å²) in [6.45, 7) is 7.38. The van der Waals surface area contributed by atoms with Crippen molar-refractivity contribution in [2.75, 3.05) is 26.2 Å². The van der Waals surface area contributed by atoms with Gasteiger partial charge in [0, 0.05) is 36.2 Å². The van der Waals surface area contributed by atoms with Gasteiger partial charge in [-0.05, 0) is 44.0 Å². The Morgan fingerprint density at radius 2 is 2.11 bits per heavy atom. The van der Waals surface area contributed by atoms with Gasteiger partial charge in [-0.25, -0.2) is 0 Å². The maximum absolute atomic E-state index is 3.58. The highest BCUT2D eigenvalue weighted by molar-refractivity contribution is 9.10. The molecular formula is C16H23BrN2. The molecule has 0 amide bonds. The van der Waals surface area contributed by atoms with E-state index >= 15 is 0 Å². The third-order valence-corrected chi connectivity index (χ3v) is 5.24. The van der Waals surface area contributed by atoms with Crippen LogP contribution in [0.5, 0.6) is 0 Å². The number of hydrogen-bond acceptors (Lipinski definition) is 2. The SMILES string of the molecule is C[C@H](c1cccc(Br)c1)N1CCN2CCCC[C@@H]2C1. The largest absolute Gasteiger partial charge is 0.298 e. The van der Waals surface area contributed by atoms with Gasteiger partial charge in [-0.15, -0.1) is 0 Å². The summed E-state index contributed by atoms with van der Waals surface area (Å²) in [6.07, 6.45) is 4.21. The van der Waals surface area contributed by atoms with Crippen molar-refractivity contribution in [2.24, 2.45) is 0 Å². The summed E-state index contributed by atoms with van der Waals surface area (Å²) < 4.78 is 1.19. The Labute approximate surface area is 124 Å². The molecule has 0 saturated carbocycles. The fourth-order valence-electron chi connectivity index (χ4n) is 3.51. The van der Waals surface area contributed by atoms with Crippen molar-refractivity contribution in [1.29, 1.82) is 0 Å². The van der Waals surface area contributed by atoms with Crippen molar-refractivity contribution in [3.63, 3.8) is 0 Å². The van der Waals surface area contributed by atoms with Crippen LogP contribution in [0.2, 0.25) is 0 Å². The van der Waals surface area contributed by atoms with Crippen LogP contribution in [0.25, 0.3) is 0 Å². The minimum Gasteiger partial charge on any atom is -0.298 e. The Kier molecular flexibility index (Phi) is 4.25. The topological polar surface area (TPSA) is 6.48 Å². The Morgan fingerprint density at radius 3 is 2.95 bits per heavy atom. The second-order valence-corrected chi connectivity index (χ2v) is 6.83. The third-order valence-electron chi connectivity index (χ3n) is 4.75. The van der Waals surface area contributed by atoms with Crippen molar-refractivity contribution >= 4 is 15.9 Å². The summed E-state index contributed by atoms with van der Waals surface area (Å²) >= 11 is 3.58. The summed E-state index contributed by atoms with van der Waals surface area (Å²) in [4.78, 5) is 5.36. The molecule has 2 aliphatic rings. The molecule has 0 N–H and O–H groups in total. The molecular weight excluding hydrogens is 300 g/mol. The highest BCUT2D eigenvalue weighted by Gasteiger charge is 2.31. The van der Waals surface area contributed by atoms with Crippen molar-refractivity contribution in [3.05, 3.63) is 34.3 Å². The Hall–Kier alpha value is -0.380. The van der Waals surface area contributed by atoms with E-state index < -0.39 is 0 Å². The van der Waals surface area contributed by atoms with E-state index in [9.17, 15) is 0 Å². The molecule has 19 heavy (non-hydrogen) atoms. The third kappa shape index (κ3) is 3.04. The van der Waals surface area contributed by atoms with E-state index in [1.54, 1.807) is 0 Å². The molecule has 3 heteroatoms. The van der Waals surface area contributed by atoms with Gasteiger partial charge >= 0.3 is 0 Å². The predicted octanol–water partition coefficient (Wildman–Crippen LogP) is 3.68. The number of benzene rings is 1. The average Bonchev–Trinajstić information content (AvgIpc) is 2.46. The smallest absolute Gasteiger partial charge is 0.0321 e. The van der Waals surface area contributed by atoms with Gasteiger partial charge in [-0.3, -0.25) is 9.80 Å². The van der Waals surface area contributed by atoms with Crippen LogP contribution in [0.1, 0.15) is 37.8 Å². The fraction of sp³-hybridized carbons (Fsp3) is 0.625. The molecule has 104 valence electrons. The predicted molar refractivity (Wildman–Crippen MR) is 83.3 cm³/mol. The van der Waals surface area contributed by atoms with Gasteiger partial charge in [0.05, 0.1) is 0 Å². The lowest BCUT2D eigenvalue weighted by Gasteiger charge is -2.46. The number of rotatable bonds is 2. The van der Waals surface area contributed by atoms with Crippen molar-refractivity contribution in [2.45, 2.75) is 38.3 Å². The zero-order chi connectivity index (χ0) is 13.2. The Morgan fingerprint density at radius 1 is 1.21 bits per heavy atom. The van der Waals surface area contributed by atoms with E-state index in [-0.39, 0.29) is 0 Å². The normalized spacial score (nSPS) is 26.9. The molecule has 0 bridgehead atoms. The zero-order valence-electron chi connectivity index (χ0n) is 11.7. The molecule has 0 aromatic heterocycles. The second kappa shape index (κ2) is 5.94. The van der Waals surface area contributed by atoms with E-state index in [4.69, 9.17) is 0 Å². The number of fused-ring (bicyclic) bond motifs is 1. The maximum Gasteiger partial charge on any atom is 0.0321 e. The van der Waals surface area contributed by atoms with Crippen LogP contribution in [-0.2, 0) is 0 Å². The standard InChI is InChI=1S/C16H23BrN2/c1-13(14-5-4-6-15(17)11-14)19-10-9-18-8-3-2-7-16(18)12-19/h4-6,11,13,16H,2-3,7-10,12H2,1H3/t13-,16-/m1/s1. The van der Waals surface area contributed by atoms with Crippen molar-refractivity contribution < 1.29 is 0 Å². The summed E-state index contributed by atoms with van der Waals surface area (Å²) in [6, 6.07) is 10.1. The van der Waals surface area contributed by atoms with Gasteiger partial charge in [0.15, 0.2) is 0 Å². The van der Waals surface area contributed by atoms with Crippen LogP contribution >= 0.6 is 15.9 Å². The summed E-state index contributed by atoms with van der Waals surface area (Å²) in [5.41, 5.74) is 1.43. The molecule has 0 aliphatic carbocycles. The highest BCUT2D eigenvalue weighted by Crippen LogP contribution is 2.28. The molecule has 2 atom stereocenters. The molecule has 2 heterocycles. The minimum absolute atomic E-state index is 0.529. The summed E-state index contributed by atoms with van der Waals surface area (Å²) in [5, 5.41) is 0. The highest BCUT2D eigenvalue weighted by atomic mass is 79.9. The number of halogens is 1. The minimum atomic E-state index is 0.529. The number of piperazine rings is 1. The molecule has 0 spiro atoms. The van der Waals surface area contributed by atoms with Crippen LogP contribution in [-0.4, -0.2) is 42.0 Å². The fourth-order valence-corrected chi connectivity index (χ4v) is 3.93. The first kappa shape index (κ1) is 13.6. The van der Waals surface area contributed by atoms with E-state index in [1.165, 1.54) is 55.5 Å². The second-order valence-electron chi connectivity index (χ2n) is 5.91. The monoisotopic (exact) mass is 322 g/mol. The van der Waals surface area contributed by atoms with Crippen LogP contribution in [0.3, 0.4) is 0 Å². The molecule has 2 fully saturated rings. The van der Waals surface area contributed by atoms with Crippen LogP contribution in [0, 0.1) is 0 Å². The molecule has 0 unspecified atom stereocenters. The van der Waals surface area contributed by atoms with E-state index in [0.29, 0.717) is 6.04 Å². The molecule has 1 aromatic rings. The first-order valence-corrected chi connectivity index (χ1v) is 8.27. The van der Waals surface area contributed by atoms with Gasteiger partial charge in [0.25, 0.3) is 0 Å². The Bertz CT molecular complexity index is 435. The Balaban J connectivity index is 1.69. The van der Waals surface area contributed by atoms with Crippen molar-refractivity contribution in [3.8, 4) is 0 Å². The quantitative estimate of drug-likeness (QED) is 0.819. The summed E-state index contributed by atoms with van der Waals surface area (Å²) in [5.74, 6) is 0. The lowest BCUT2D eigenvalue weighted by molar-refractivity contribution is 0.0307. The van der Waals surface area contributed by atoms with Gasteiger partial charge in [0.1, 0.15) is 0 Å². The number of nitrogens with zero attached hydrogens (tertiary/aromatic N) is 2. The van der Waals surface area contributed by atoms with Gasteiger partial charge in [0.2, 0.25) is 0 Å². The number of piperidine rings is 1. The van der Waals surface area contributed by atoms with Gasteiger partial charge < -0.3 is 0 Å². The first-order valence-electron chi connectivity index (χ1n) is 7.47. The van der Waals surface area contributed by atoms with Gasteiger partial charge in [-0.1, -0.05) is 34.5 Å². The molecule has 1 aromatic carbocycles. The molecule has 0 radical (unpaired) electrons. The molecule has 2 saturated heterocycles. The van der Waals surface area contributed by atoms with E-state index in [1.807, 2.05) is 0 Å². The molecule has 3 rings (SSSR count). The average molecular weight is 323 g/mol. The molecule has 2 aliphatic heterocycles. The lowest BCUT2D eigenvalue weighted by Crippen LogP contribution is -2.55. The van der Waals surface area contributed by atoms with E-state index in [0.717, 1.165) is 6.04 Å². The maximum atomic E-state index is 3.58. The van der Waals surface area contributed by atoms with Crippen molar-refractivity contribution in [1.82, 2.24) is 9.80 Å². The van der Waals surface area contributed by atoms with Crippen LogP contribution < -0.4 is 0 Å². The van der Waals surface area contributed by atoms with Crippen LogP contribution in [0.15, 0.2) is 28.7 Å².